The van der Waals surface area contributed by atoms with Crippen molar-refractivity contribution >= 4 is 152 Å². The second-order valence-electron chi connectivity index (χ2n) is 35.1. The SMILES string of the molecule is CC(=O)OS(=O)(=O)[O-].CC(=O)OS(=O)(=O)[O-].COc1cc2cc[n+]3c(C)c4cc(C)c(C)cc4cc3c2cc1-c1ccc([N+](=O)[O-])cc1.COc1cc2cc[n+]3c(C)c4cc(C)c(C)cc4cc3c2cc1-c1ccncc1.COc1cc2cc[n+]3cc4cc(C)c(C)cc4cc3c2cc1-c1ccc([N+](=O)[O-])cc1.COc1ccc2c(cc[n+]3cc4cc(C)c(C)c(-c5ccc(-c6ccccc6)cc5)c4cc23)c1OC.[Cl-].[Cl-]. The highest BCUT2D eigenvalue weighted by molar-refractivity contribution is 7.81. The summed E-state index contributed by atoms with van der Waals surface area (Å²) in [7, 11) is -1.26. The molecule has 9 aromatic heterocycles. The number of non-ortho nitro benzene ring substituents is 2. The summed E-state index contributed by atoms with van der Waals surface area (Å²) in [5, 5.41) is 40.9. The van der Waals surface area contributed by atoms with Gasteiger partial charge in [0.25, 0.3) is 32.2 Å². The summed E-state index contributed by atoms with van der Waals surface area (Å²) < 4.78 is 100. The number of carbonyl (C=O) groups is 2. The van der Waals surface area contributed by atoms with Gasteiger partial charge in [0.15, 0.2) is 60.1 Å². The number of ether oxygens (including phenoxy) is 5. The predicted molar refractivity (Wildman–Crippen MR) is 560 cm³/mol. The number of rotatable bonds is 14. The number of pyridine rings is 9. The number of aromatic nitrogens is 5. The molecule has 0 N–H and O–H groups in total. The number of hydrogen-bond donors (Lipinski definition) is 0. The van der Waals surface area contributed by atoms with E-state index in [4.69, 9.17) is 23.7 Å². The van der Waals surface area contributed by atoms with Crippen LogP contribution in [-0.2, 0) is 38.8 Å². The quantitative estimate of drug-likeness (QED) is 0.0186. The summed E-state index contributed by atoms with van der Waals surface area (Å²) in [5.41, 5.74) is 28.2. The molecule has 146 heavy (non-hydrogen) atoms. The molecule has 0 amide bonds. The van der Waals surface area contributed by atoms with Gasteiger partial charge >= 0.3 is 11.9 Å². The molecule has 0 unspecified atom stereocenters. The standard InChI is InChI=1S/C33H28NO2.C27H23N2O3.C26H21N2O3.C26H23N2O.2C2H4O5S.2ClH/c1-21-18-26-20-34-17-16-28-27(14-15-31(35-3)33(28)36-4)30(34)19-29(26)32(22(21)2)25-12-10-24(11-13-25)23-8-6-5-7-9-23;1-16-11-21-13-26-24-15-25(19-5-7-22(8-6-19)29(30)31)27(32-4)14-20(24)9-10-28(26)18(3)23(21)12-17(16)2;1-16-10-20-12-25-23-14-24(18-4-6-22(7-5-18)28(29)30)26(31-3)13-19(23)8-9-27(25)15-21(20)11-17(16)2;1-16-11-21-13-25-23-15-24(19-5-8-27-9-6-19)26(29-4)14-20(23)7-10-28(25)18(3)22(21)12-17(16)2;2*1-2(3)7-8(4,5)6;;/h5-20H,1-4H3;5-15H,1-4H3;4-15H,1-3H3;5-15H,1-4H3;2*1H3,(H,4,5,6);2*1H/q4*+1;;;;/p-4. The molecule has 30 heteroatoms. The number of nitro groups is 2. The molecule has 0 aliphatic rings. The van der Waals surface area contributed by atoms with Crippen LogP contribution < -0.4 is 66.1 Å². The number of methoxy groups -OCH3 is 5. The zero-order valence-corrected chi connectivity index (χ0v) is 86.0. The molecule has 9 heterocycles. The Labute approximate surface area is 854 Å². The Bertz CT molecular complexity index is 9010. The Kier molecular flexibility index (Phi) is 31.6. The van der Waals surface area contributed by atoms with E-state index >= 15 is 0 Å². The van der Waals surface area contributed by atoms with Crippen LogP contribution in [0.5, 0.6) is 28.7 Å². The maximum atomic E-state index is 11.1. The zero-order chi connectivity index (χ0) is 103. The van der Waals surface area contributed by atoms with Crippen LogP contribution in [0.25, 0.3) is 164 Å². The molecule has 0 saturated heterocycles. The number of fused-ring (bicyclic) bond motifs is 16. The number of nitro benzene ring substituents is 2. The van der Waals surface area contributed by atoms with Gasteiger partial charge < -0.3 is 66.0 Å². The third-order valence-corrected chi connectivity index (χ3v) is 27.0. The number of hydrogen-bond acceptors (Lipinski definition) is 20. The van der Waals surface area contributed by atoms with Gasteiger partial charge in [0, 0.05) is 162 Å². The second-order valence-corrected chi connectivity index (χ2v) is 37.1. The van der Waals surface area contributed by atoms with Crippen LogP contribution in [0.2, 0.25) is 0 Å². The van der Waals surface area contributed by atoms with Crippen LogP contribution >= 0.6 is 0 Å². The number of carbonyl (C=O) groups excluding carboxylic acids is 2. The fraction of sp³-hybridized carbons (Fsp3) is 0.147. The average Bonchev–Trinajstić information content (AvgIpc) is 0.764. The maximum Gasteiger partial charge on any atom is 0.318 e. The summed E-state index contributed by atoms with van der Waals surface area (Å²) in [6.45, 7) is 23.3. The molecule has 740 valence electrons. The van der Waals surface area contributed by atoms with Crippen molar-refractivity contribution in [3.8, 4) is 84.4 Å². The van der Waals surface area contributed by atoms with Crippen LogP contribution in [0.1, 0.15) is 69.7 Å². The summed E-state index contributed by atoms with van der Waals surface area (Å²) in [5.74, 6) is 1.59. The number of nitrogens with zero attached hydrogens (tertiary/aromatic N) is 7. The van der Waals surface area contributed by atoms with E-state index in [2.05, 4.69) is 313 Å². The van der Waals surface area contributed by atoms with E-state index in [0.717, 1.165) is 125 Å². The topological polar surface area (TPSA) is 329 Å². The molecule has 12 aromatic carbocycles. The van der Waals surface area contributed by atoms with Crippen LogP contribution in [0.4, 0.5) is 11.4 Å². The first-order chi connectivity index (χ1) is 68.8. The van der Waals surface area contributed by atoms with Crippen LogP contribution in [0.3, 0.4) is 0 Å². The van der Waals surface area contributed by atoms with Gasteiger partial charge in [-0.25, -0.2) is 16.8 Å². The summed E-state index contributed by atoms with van der Waals surface area (Å²) >= 11 is 0. The van der Waals surface area contributed by atoms with Crippen molar-refractivity contribution < 1.29 is 120 Å². The molecule has 0 aliphatic heterocycles. The first-order valence-corrected chi connectivity index (χ1v) is 48.4. The Morgan fingerprint density at radius 2 is 0.685 bits per heavy atom. The van der Waals surface area contributed by atoms with E-state index < -0.39 is 32.7 Å². The van der Waals surface area contributed by atoms with Gasteiger partial charge in [-0.2, -0.15) is 17.6 Å². The van der Waals surface area contributed by atoms with Crippen molar-refractivity contribution in [3.05, 3.63) is 380 Å². The van der Waals surface area contributed by atoms with Gasteiger partial charge in [-0.05, 0) is 280 Å². The van der Waals surface area contributed by atoms with Gasteiger partial charge in [0.2, 0.25) is 22.1 Å². The molecule has 21 aromatic rings. The lowest BCUT2D eigenvalue weighted by Gasteiger charge is -2.15. The molecule has 0 bridgehead atoms. The molecular formula is C116H101Cl2N7O19S2. The van der Waals surface area contributed by atoms with Crippen molar-refractivity contribution in [1.82, 2.24) is 4.98 Å². The summed E-state index contributed by atoms with van der Waals surface area (Å²) in [4.78, 5) is 44.8. The van der Waals surface area contributed by atoms with Crippen molar-refractivity contribution in [2.75, 3.05) is 35.5 Å². The Morgan fingerprint density at radius 1 is 0.315 bits per heavy atom. The van der Waals surface area contributed by atoms with Gasteiger partial charge in [-0.15, -0.1) is 0 Å². The largest absolute Gasteiger partial charge is 1.00 e. The zero-order valence-electron chi connectivity index (χ0n) is 82.8. The predicted octanol–water partition coefficient (Wildman–Crippen LogP) is 17.6. The lowest BCUT2D eigenvalue weighted by atomic mass is 9.90. The third kappa shape index (κ3) is 22.3. The number of halogens is 2. The van der Waals surface area contributed by atoms with E-state index in [1.807, 2.05) is 42.7 Å². The van der Waals surface area contributed by atoms with Crippen molar-refractivity contribution in [2.45, 2.75) is 83.1 Å². The fourth-order valence-electron chi connectivity index (χ4n) is 18.5. The molecular weight excluding hydrogens is 1930 g/mol. The Balaban J connectivity index is 0.000000146. The lowest BCUT2D eigenvalue weighted by Crippen LogP contribution is -3.00. The molecule has 0 fully saturated rings. The Hall–Kier alpha value is -16.5. The highest BCUT2D eigenvalue weighted by Crippen LogP contribution is 2.44. The highest BCUT2D eigenvalue weighted by Gasteiger charge is 2.26. The molecule has 26 nitrogen and oxygen atoms in total. The molecule has 0 atom stereocenters. The van der Waals surface area contributed by atoms with E-state index in [0.29, 0.717) is 0 Å². The smallest absolute Gasteiger partial charge is 0.318 e. The van der Waals surface area contributed by atoms with Gasteiger partial charge in [-0.3, -0.25) is 34.8 Å². The second kappa shape index (κ2) is 43.8. The summed E-state index contributed by atoms with van der Waals surface area (Å²) in [6, 6.07) is 86.8. The average molecular weight is 2030 g/mol. The van der Waals surface area contributed by atoms with E-state index in [1.165, 1.54) is 162 Å². The number of aryl methyl sites for hydroxylation is 9. The van der Waals surface area contributed by atoms with Crippen molar-refractivity contribution in [1.29, 1.82) is 0 Å². The minimum atomic E-state index is -4.82. The monoisotopic (exact) mass is 2030 g/mol. The minimum absolute atomic E-state index is 0. The fourth-order valence-corrected chi connectivity index (χ4v) is 19.0. The van der Waals surface area contributed by atoms with Gasteiger partial charge in [-0.1, -0.05) is 72.8 Å². The first kappa shape index (κ1) is 105. The Morgan fingerprint density at radius 3 is 1.11 bits per heavy atom. The molecule has 0 radical (unpaired) electrons. The third-order valence-electron chi connectivity index (χ3n) is 26.2. The van der Waals surface area contributed by atoms with Gasteiger partial charge in [0.1, 0.15) is 17.2 Å². The van der Waals surface area contributed by atoms with Crippen LogP contribution in [0, 0.1) is 89.5 Å². The van der Waals surface area contributed by atoms with Crippen LogP contribution in [-0.4, -0.2) is 88.3 Å². The van der Waals surface area contributed by atoms with Crippen LogP contribution in [0.15, 0.2) is 304 Å². The highest BCUT2D eigenvalue weighted by atomic mass is 35.5. The maximum absolute atomic E-state index is 11.1. The normalized spacial score (nSPS) is 11.1. The van der Waals surface area contributed by atoms with E-state index in [9.17, 15) is 55.8 Å². The van der Waals surface area contributed by atoms with Gasteiger partial charge in [0.05, 0.1) is 66.9 Å². The lowest BCUT2D eigenvalue weighted by molar-refractivity contribution is -0.517. The molecule has 0 spiro atoms. The van der Waals surface area contributed by atoms with Crippen molar-refractivity contribution in [3.63, 3.8) is 0 Å². The van der Waals surface area contributed by atoms with Crippen molar-refractivity contribution in [2.24, 2.45) is 0 Å². The first-order valence-electron chi connectivity index (χ1n) is 45.7. The summed E-state index contributed by atoms with van der Waals surface area (Å²) in [6.07, 6.45) is 16.5. The molecule has 21 rings (SSSR count). The molecule has 0 saturated carbocycles. The minimum Gasteiger partial charge on any atom is -1.00 e. The number of benzene rings is 12. The van der Waals surface area contributed by atoms with E-state index in [1.54, 1.807) is 59.8 Å². The molecule has 0 aliphatic carbocycles. The van der Waals surface area contributed by atoms with E-state index in [-0.39, 0.29) is 46.0 Å².